The van der Waals surface area contributed by atoms with Gasteiger partial charge in [0, 0.05) is 5.38 Å². The smallest absolute Gasteiger partial charge is 0.289 e. The van der Waals surface area contributed by atoms with E-state index in [0.717, 1.165) is 11.1 Å². The first-order chi connectivity index (χ1) is 14.8. The van der Waals surface area contributed by atoms with Gasteiger partial charge >= 0.3 is 0 Å². The predicted octanol–water partition coefficient (Wildman–Crippen LogP) is 3.71. The molecule has 1 atom stereocenters. The summed E-state index contributed by atoms with van der Waals surface area (Å²) in [5, 5.41) is 2.12. The summed E-state index contributed by atoms with van der Waals surface area (Å²) in [7, 11) is 0. The van der Waals surface area contributed by atoms with Crippen molar-refractivity contribution in [2.24, 2.45) is 0 Å². The van der Waals surface area contributed by atoms with Gasteiger partial charge in [0.05, 0.1) is 0 Å². The third kappa shape index (κ3) is 6.02. The van der Waals surface area contributed by atoms with Crippen LogP contribution >= 0.6 is 11.3 Å². The molecule has 2 N–H and O–H groups in total. The molecule has 2 amide bonds. The van der Waals surface area contributed by atoms with Gasteiger partial charge in [-0.1, -0.05) is 12.1 Å². The van der Waals surface area contributed by atoms with E-state index in [2.05, 4.69) is 15.8 Å². The fourth-order valence-corrected chi connectivity index (χ4v) is 3.22. The number of nitrogens with zero attached hydrogens (tertiary/aromatic N) is 1. The van der Waals surface area contributed by atoms with Crippen molar-refractivity contribution in [2.45, 2.75) is 33.5 Å². The van der Waals surface area contributed by atoms with Crippen LogP contribution in [0.4, 0.5) is 4.39 Å². The summed E-state index contributed by atoms with van der Waals surface area (Å²) in [6, 6.07) is 11.2. The molecule has 3 aromatic rings. The van der Waals surface area contributed by atoms with Gasteiger partial charge in [-0.2, -0.15) is 0 Å². The van der Waals surface area contributed by atoms with Crippen LogP contribution < -0.4 is 20.3 Å². The van der Waals surface area contributed by atoms with Gasteiger partial charge in [-0.3, -0.25) is 20.4 Å². The number of amides is 2. The molecule has 0 aliphatic rings. The maximum atomic E-state index is 12.9. The van der Waals surface area contributed by atoms with Crippen molar-refractivity contribution in [2.75, 3.05) is 0 Å². The minimum Gasteiger partial charge on any atom is -0.486 e. The topological polar surface area (TPSA) is 89.6 Å². The van der Waals surface area contributed by atoms with Crippen LogP contribution in [-0.4, -0.2) is 22.9 Å². The van der Waals surface area contributed by atoms with Gasteiger partial charge < -0.3 is 9.47 Å². The first-order valence-electron chi connectivity index (χ1n) is 9.49. The summed E-state index contributed by atoms with van der Waals surface area (Å²) in [6.07, 6.45) is -0.809. The number of nitrogens with one attached hydrogen (secondary N) is 2. The Balaban J connectivity index is 1.48. The quantitative estimate of drug-likeness (QED) is 0.544. The van der Waals surface area contributed by atoms with Gasteiger partial charge in [0.25, 0.3) is 11.8 Å². The van der Waals surface area contributed by atoms with E-state index in [4.69, 9.17) is 9.47 Å². The molecule has 9 heteroatoms. The van der Waals surface area contributed by atoms with Gasteiger partial charge in [-0.05, 0) is 62.2 Å². The van der Waals surface area contributed by atoms with Gasteiger partial charge in [-0.25, -0.2) is 9.37 Å². The second-order valence-corrected chi connectivity index (χ2v) is 7.71. The van der Waals surface area contributed by atoms with Gasteiger partial charge in [-0.15, -0.1) is 11.3 Å². The van der Waals surface area contributed by atoms with Gasteiger partial charge in [0.15, 0.2) is 6.10 Å². The second kappa shape index (κ2) is 10.0. The van der Waals surface area contributed by atoms with E-state index in [1.54, 1.807) is 18.4 Å². The number of carbonyl (C=O) groups is 2. The molecular weight excluding hydrogens is 421 g/mol. The molecule has 0 aliphatic carbocycles. The Morgan fingerprint density at radius 2 is 1.87 bits per heavy atom. The molecule has 0 spiro atoms. The lowest BCUT2D eigenvalue weighted by Gasteiger charge is -2.17. The normalized spacial score (nSPS) is 11.5. The Bertz CT molecular complexity index is 1070. The number of thiazole rings is 1. The van der Waals surface area contributed by atoms with Crippen LogP contribution in [0.1, 0.15) is 33.5 Å². The highest BCUT2D eigenvalue weighted by molar-refractivity contribution is 7.09. The molecule has 0 radical (unpaired) electrons. The van der Waals surface area contributed by atoms with Crippen LogP contribution in [0.25, 0.3) is 0 Å². The highest BCUT2D eigenvalue weighted by Crippen LogP contribution is 2.21. The summed E-state index contributed by atoms with van der Waals surface area (Å²) >= 11 is 1.24. The van der Waals surface area contributed by atoms with Crippen LogP contribution in [0.3, 0.4) is 0 Å². The number of ether oxygens (including phenoxy) is 2. The van der Waals surface area contributed by atoms with Crippen molar-refractivity contribution in [3.63, 3.8) is 0 Å². The van der Waals surface area contributed by atoms with Crippen molar-refractivity contribution in [1.29, 1.82) is 0 Å². The average molecular weight is 444 g/mol. The van der Waals surface area contributed by atoms with E-state index in [-0.39, 0.29) is 18.1 Å². The highest BCUT2D eigenvalue weighted by Gasteiger charge is 2.18. The van der Waals surface area contributed by atoms with Crippen molar-refractivity contribution in [1.82, 2.24) is 15.8 Å². The van der Waals surface area contributed by atoms with Crippen molar-refractivity contribution in [3.05, 3.63) is 75.5 Å². The minimum atomic E-state index is -0.809. The zero-order valence-electron chi connectivity index (χ0n) is 17.3. The van der Waals surface area contributed by atoms with E-state index < -0.39 is 17.9 Å². The van der Waals surface area contributed by atoms with Crippen LogP contribution in [0.15, 0.2) is 47.8 Å². The maximum Gasteiger partial charge on any atom is 0.289 e. The Morgan fingerprint density at radius 1 is 1.13 bits per heavy atom. The largest absolute Gasteiger partial charge is 0.486 e. The molecule has 1 unspecified atom stereocenters. The number of halogens is 1. The molecule has 0 saturated carbocycles. The second-order valence-electron chi connectivity index (χ2n) is 6.77. The monoisotopic (exact) mass is 443 g/mol. The standard InChI is InChI=1S/C22H22FN3O4S/c1-13-5-4-6-19(14(13)2)30-15(3)21(27)25-26-22(28)18-12-31-20(24-18)11-29-17-9-7-16(23)8-10-17/h4-10,12,15H,11H2,1-3H3,(H,25,27)(H,26,28). The molecule has 1 heterocycles. The van der Waals surface area contributed by atoms with E-state index in [9.17, 15) is 14.0 Å². The van der Waals surface area contributed by atoms with E-state index in [1.807, 2.05) is 26.0 Å². The lowest BCUT2D eigenvalue weighted by Crippen LogP contribution is -2.47. The first-order valence-corrected chi connectivity index (χ1v) is 10.4. The van der Waals surface area contributed by atoms with Crippen LogP contribution in [-0.2, 0) is 11.4 Å². The number of benzene rings is 2. The summed E-state index contributed by atoms with van der Waals surface area (Å²) < 4.78 is 24.1. The minimum absolute atomic E-state index is 0.136. The number of hydrogen-bond donors (Lipinski definition) is 2. The van der Waals surface area contributed by atoms with Crippen LogP contribution in [0.5, 0.6) is 11.5 Å². The molecule has 3 rings (SSSR count). The van der Waals surface area contributed by atoms with E-state index in [1.165, 1.54) is 35.6 Å². The summed E-state index contributed by atoms with van der Waals surface area (Å²) in [4.78, 5) is 28.7. The van der Waals surface area contributed by atoms with Gasteiger partial charge in [0.1, 0.15) is 34.6 Å². The van der Waals surface area contributed by atoms with E-state index >= 15 is 0 Å². The zero-order chi connectivity index (χ0) is 22.4. The Kier molecular flexibility index (Phi) is 7.19. The summed E-state index contributed by atoms with van der Waals surface area (Å²) in [5.74, 6) is -0.302. The fraction of sp³-hybridized carbons (Fsp3) is 0.227. The SMILES string of the molecule is Cc1cccc(OC(C)C(=O)NNC(=O)c2csc(COc3ccc(F)cc3)n2)c1C. The number of carbonyl (C=O) groups excluding carboxylic acids is 2. The zero-order valence-corrected chi connectivity index (χ0v) is 18.1. The number of aromatic nitrogens is 1. The van der Waals surface area contributed by atoms with Crippen molar-refractivity contribution < 1.29 is 23.5 Å². The summed E-state index contributed by atoms with van der Waals surface area (Å²) in [6.45, 7) is 5.60. The van der Waals surface area contributed by atoms with Crippen molar-refractivity contribution >= 4 is 23.2 Å². The molecule has 2 aromatic carbocycles. The third-order valence-electron chi connectivity index (χ3n) is 4.49. The molecule has 0 bridgehead atoms. The first kappa shape index (κ1) is 22.2. The number of hydrogen-bond acceptors (Lipinski definition) is 6. The molecule has 0 fully saturated rings. The molecule has 7 nitrogen and oxygen atoms in total. The predicted molar refractivity (Wildman–Crippen MR) is 114 cm³/mol. The molecule has 162 valence electrons. The lowest BCUT2D eigenvalue weighted by atomic mass is 10.1. The van der Waals surface area contributed by atoms with Crippen LogP contribution in [0, 0.1) is 19.7 Å². The number of hydrazine groups is 1. The number of rotatable bonds is 7. The highest BCUT2D eigenvalue weighted by atomic mass is 32.1. The third-order valence-corrected chi connectivity index (χ3v) is 5.31. The van der Waals surface area contributed by atoms with Crippen LogP contribution in [0.2, 0.25) is 0 Å². The Hall–Kier alpha value is -3.46. The molecule has 1 aromatic heterocycles. The number of aryl methyl sites for hydroxylation is 1. The molecule has 0 saturated heterocycles. The lowest BCUT2D eigenvalue weighted by molar-refractivity contribution is -0.128. The Labute approximate surface area is 183 Å². The van der Waals surface area contributed by atoms with E-state index in [0.29, 0.717) is 16.5 Å². The maximum absolute atomic E-state index is 12.9. The average Bonchev–Trinajstić information content (AvgIpc) is 3.23. The Morgan fingerprint density at radius 3 is 2.61 bits per heavy atom. The fourth-order valence-electron chi connectivity index (χ4n) is 2.54. The summed E-state index contributed by atoms with van der Waals surface area (Å²) in [5.41, 5.74) is 6.82. The molecular formula is C22H22FN3O4S. The van der Waals surface area contributed by atoms with Gasteiger partial charge in [0.2, 0.25) is 0 Å². The molecule has 31 heavy (non-hydrogen) atoms. The molecule has 0 aliphatic heterocycles. The van der Waals surface area contributed by atoms with Crippen molar-refractivity contribution in [3.8, 4) is 11.5 Å².